The van der Waals surface area contributed by atoms with E-state index >= 15 is 0 Å². The molecule has 0 atom stereocenters. The molecule has 0 spiro atoms. The Bertz CT molecular complexity index is 1270. The number of hydrogen-bond donors (Lipinski definition) is 0. The maximum absolute atomic E-state index is 13.4. The van der Waals surface area contributed by atoms with Crippen molar-refractivity contribution in [2.45, 2.75) is 27.3 Å². The summed E-state index contributed by atoms with van der Waals surface area (Å²) in [5, 5.41) is 1.01. The van der Waals surface area contributed by atoms with E-state index in [4.69, 9.17) is 14.2 Å². The molecule has 5 rings (SSSR count). The summed E-state index contributed by atoms with van der Waals surface area (Å²) in [6.07, 6.45) is 3.85. The second kappa shape index (κ2) is 7.71. The quantitative estimate of drug-likeness (QED) is 0.548. The van der Waals surface area contributed by atoms with Gasteiger partial charge in [-0.3, -0.25) is 9.69 Å². The van der Waals surface area contributed by atoms with Crippen LogP contribution >= 0.6 is 0 Å². The minimum Gasteiger partial charge on any atom is -0.497 e. The number of ketones is 1. The van der Waals surface area contributed by atoms with Gasteiger partial charge in [0.25, 0.3) is 0 Å². The van der Waals surface area contributed by atoms with E-state index in [2.05, 4.69) is 18.7 Å². The molecule has 0 saturated heterocycles. The van der Waals surface area contributed by atoms with Gasteiger partial charge in [0.15, 0.2) is 5.76 Å². The summed E-state index contributed by atoms with van der Waals surface area (Å²) in [5.41, 5.74) is 4.45. The van der Waals surface area contributed by atoms with Crippen LogP contribution < -0.4 is 14.2 Å². The highest BCUT2D eigenvalue weighted by Crippen LogP contribution is 2.44. The number of methoxy groups -OCH3 is 1. The molecule has 0 bridgehead atoms. The zero-order chi connectivity index (χ0) is 22.6. The van der Waals surface area contributed by atoms with Crippen LogP contribution in [0.15, 0.2) is 36.2 Å². The number of nitrogens with zero attached hydrogens (tertiary/aromatic N) is 2. The zero-order valence-electron chi connectivity index (χ0n) is 19.2. The van der Waals surface area contributed by atoms with Gasteiger partial charge in [-0.05, 0) is 48.7 Å². The number of carbonyl (C=O) groups excluding carboxylic acids is 1. The maximum Gasteiger partial charge on any atom is 0.232 e. The van der Waals surface area contributed by atoms with Crippen molar-refractivity contribution >= 4 is 22.8 Å². The smallest absolute Gasteiger partial charge is 0.232 e. The zero-order valence-corrected chi connectivity index (χ0v) is 19.2. The van der Waals surface area contributed by atoms with Crippen LogP contribution in [0.1, 0.15) is 40.9 Å². The Morgan fingerprint density at radius 1 is 1.25 bits per heavy atom. The Kier molecular flexibility index (Phi) is 4.97. The summed E-state index contributed by atoms with van der Waals surface area (Å²) in [7, 11) is 3.64. The molecule has 0 N–H and O–H groups in total. The van der Waals surface area contributed by atoms with Crippen LogP contribution in [0.4, 0.5) is 0 Å². The minimum absolute atomic E-state index is 0.0822. The summed E-state index contributed by atoms with van der Waals surface area (Å²) < 4.78 is 19.7. The Labute approximate surface area is 188 Å². The first-order valence-corrected chi connectivity index (χ1v) is 10.9. The van der Waals surface area contributed by atoms with E-state index < -0.39 is 0 Å². The second-order valence-corrected chi connectivity index (χ2v) is 9.07. The van der Waals surface area contributed by atoms with Crippen molar-refractivity contribution in [3.63, 3.8) is 0 Å². The summed E-state index contributed by atoms with van der Waals surface area (Å²) in [6.45, 7) is 8.51. The van der Waals surface area contributed by atoms with Gasteiger partial charge in [0.1, 0.15) is 24.0 Å². The van der Waals surface area contributed by atoms with Gasteiger partial charge >= 0.3 is 0 Å². The lowest BCUT2D eigenvalue weighted by atomic mass is 9.98. The number of fused-ring (bicyclic) bond motifs is 4. The largest absolute Gasteiger partial charge is 0.497 e. The van der Waals surface area contributed by atoms with E-state index in [0.717, 1.165) is 45.6 Å². The van der Waals surface area contributed by atoms with Crippen molar-refractivity contribution in [3.05, 3.63) is 58.5 Å². The predicted molar refractivity (Wildman–Crippen MR) is 124 cm³/mol. The summed E-state index contributed by atoms with van der Waals surface area (Å²) >= 11 is 0. The van der Waals surface area contributed by atoms with Gasteiger partial charge in [0, 0.05) is 42.8 Å². The number of ether oxygens (including phenoxy) is 3. The van der Waals surface area contributed by atoms with Crippen LogP contribution in [-0.2, 0) is 13.6 Å². The third kappa shape index (κ3) is 3.35. The molecule has 3 aromatic rings. The molecule has 6 nitrogen and oxygen atoms in total. The summed E-state index contributed by atoms with van der Waals surface area (Å²) in [6, 6.07) is 7.90. The molecule has 6 heteroatoms. The van der Waals surface area contributed by atoms with Crippen molar-refractivity contribution in [3.8, 4) is 17.2 Å². The van der Waals surface area contributed by atoms with Crippen molar-refractivity contribution in [2.75, 3.05) is 20.4 Å². The van der Waals surface area contributed by atoms with Gasteiger partial charge in [-0.25, -0.2) is 0 Å². The third-order valence-corrected chi connectivity index (χ3v) is 6.13. The van der Waals surface area contributed by atoms with Crippen molar-refractivity contribution in [1.29, 1.82) is 0 Å². The average Bonchev–Trinajstić information content (AvgIpc) is 3.25. The number of carbonyl (C=O) groups is 1. The normalized spacial score (nSPS) is 16.9. The third-order valence-electron chi connectivity index (χ3n) is 6.13. The van der Waals surface area contributed by atoms with Crippen LogP contribution in [0.2, 0.25) is 0 Å². The number of allylic oxidation sites excluding steroid dienone is 1. The van der Waals surface area contributed by atoms with Gasteiger partial charge in [0.2, 0.25) is 5.78 Å². The first kappa shape index (κ1) is 20.6. The average molecular weight is 433 g/mol. The maximum atomic E-state index is 13.4. The highest BCUT2D eigenvalue weighted by molar-refractivity contribution is 6.16. The lowest BCUT2D eigenvalue weighted by Gasteiger charge is -2.31. The molecule has 2 aliphatic heterocycles. The number of Topliss-reactive ketones (excluding diaryl/α,β-unsaturated/α-hetero) is 1. The highest BCUT2D eigenvalue weighted by Gasteiger charge is 2.35. The molecular formula is C26H28N2O4. The molecule has 0 saturated carbocycles. The molecule has 1 aromatic heterocycles. The molecule has 3 heterocycles. The second-order valence-electron chi connectivity index (χ2n) is 9.07. The lowest BCUT2D eigenvalue weighted by molar-refractivity contribution is 0.0831. The monoisotopic (exact) mass is 432 g/mol. The fraction of sp³-hybridized carbons (Fsp3) is 0.346. The molecule has 32 heavy (non-hydrogen) atoms. The number of rotatable bonds is 4. The number of aromatic nitrogens is 1. The van der Waals surface area contributed by atoms with Crippen LogP contribution in [0.25, 0.3) is 17.0 Å². The summed E-state index contributed by atoms with van der Waals surface area (Å²) in [5.74, 6) is 3.01. The van der Waals surface area contributed by atoms with Gasteiger partial charge in [-0.15, -0.1) is 0 Å². The molecule has 2 aliphatic rings. The van der Waals surface area contributed by atoms with Crippen LogP contribution in [0.5, 0.6) is 17.2 Å². The topological polar surface area (TPSA) is 52.9 Å². The van der Waals surface area contributed by atoms with E-state index in [0.29, 0.717) is 36.3 Å². The number of hydrogen-bond acceptors (Lipinski definition) is 5. The Morgan fingerprint density at radius 3 is 2.81 bits per heavy atom. The van der Waals surface area contributed by atoms with Crippen LogP contribution in [-0.4, -0.2) is 35.6 Å². The van der Waals surface area contributed by atoms with E-state index in [1.807, 2.05) is 55.1 Å². The van der Waals surface area contributed by atoms with Crippen molar-refractivity contribution < 1.29 is 19.0 Å². The Balaban J connectivity index is 1.56. The van der Waals surface area contributed by atoms with Gasteiger partial charge < -0.3 is 18.8 Å². The fourth-order valence-corrected chi connectivity index (χ4v) is 4.69. The first-order chi connectivity index (χ1) is 15.4. The Morgan fingerprint density at radius 2 is 2.06 bits per heavy atom. The van der Waals surface area contributed by atoms with E-state index in [-0.39, 0.29) is 5.78 Å². The SMILES string of the molecule is COc1ccc2c(c1)c(/C=C1\Oc3c4c(cc(C)c3C1=O)OCN(CC(C)C)C4)cn2C. The lowest BCUT2D eigenvalue weighted by Crippen LogP contribution is -2.35. The van der Waals surface area contributed by atoms with Gasteiger partial charge in [-0.1, -0.05) is 13.8 Å². The molecule has 2 aromatic carbocycles. The first-order valence-electron chi connectivity index (χ1n) is 10.9. The molecular weight excluding hydrogens is 404 g/mol. The molecule has 0 unspecified atom stereocenters. The van der Waals surface area contributed by atoms with Crippen LogP contribution in [0, 0.1) is 12.8 Å². The highest BCUT2D eigenvalue weighted by atomic mass is 16.5. The minimum atomic E-state index is -0.0822. The molecule has 0 amide bonds. The Hall–Kier alpha value is -3.25. The fourth-order valence-electron chi connectivity index (χ4n) is 4.69. The predicted octanol–water partition coefficient (Wildman–Crippen LogP) is 4.92. The van der Waals surface area contributed by atoms with Gasteiger partial charge in [0.05, 0.1) is 18.2 Å². The molecule has 166 valence electrons. The van der Waals surface area contributed by atoms with Crippen molar-refractivity contribution in [2.24, 2.45) is 13.0 Å². The van der Waals surface area contributed by atoms with E-state index in [1.54, 1.807) is 7.11 Å². The van der Waals surface area contributed by atoms with Gasteiger partial charge in [-0.2, -0.15) is 0 Å². The number of benzene rings is 2. The molecule has 0 radical (unpaired) electrons. The summed E-state index contributed by atoms with van der Waals surface area (Å²) in [4.78, 5) is 15.6. The molecule has 0 fully saturated rings. The van der Waals surface area contributed by atoms with E-state index in [9.17, 15) is 4.79 Å². The number of aryl methyl sites for hydroxylation is 2. The molecule has 0 aliphatic carbocycles. The van der Waals surface area contributed by atoms with E-state index in [1.165, 1.54) is 0 Å². The van der Waals surface area contributed by atoms with Crippen molar-refractivity contribution in [1.82, 2.24) is 9.47 Å². The standard InChI is InChI=1S/C26H28N2O4/c1-15(2)11-28-13-20-22(31-14-28)8-16(3)24-25(29)23(32-26(20)24)9-17-12-27(4)21-7-6-18(30-5)10-19(17)21/h6-10,12,15H,11,13-14H2,1-5H3/b23-9-. The van der Waals surface area contributed by atoms with Crippen LogP contribution in [0.3, 0.4) is 0 Å².